The Labute approximate surface area is 105 Å². The average molecular weight is 249 g/mol. The minimum atomic E-state index is 0.0684. The molecule has 0 aromatic heterocycles. The second-order valence-electron chi connectivity index (χ2n) is 3.72. The number of carbonyl (C=O) groups is 1. The third-order valence-electron chi connectivity index (χ3n) is 2.73. The van der Waals surface area contributed by atoms with E-state index in [1.54, 1.807) is 13.2 Å². The fourth-order valence-corrected chi connectivity index (χ4v) is 2.08. The molecule has 0 heterocycles. The van der Waals surface area contributed by atoms with Crippen molar-refractivity contribution in [3.05, 3.63) is 42.0 Å². The van der Waals surface area contributed by atoms with Crippen LogP contribution in [0.5, 0.6) is 5.75 Å². The molecule has 2 aromatic rings. The molecule has 0 amide bonds. The van der Waals surface area contributed by atoms with E-state index in [0.717, 1.165) is 16.5 Å². The van der Waals surface area contributed by atoms with Gasteiger partial charge in [0, 0.05) is 23.3 Å². The van der Waals surface area contributed by atoms with E-state index in [-0.39, 0.29) is 5.78 Å². The van der Waals surface area contributed by atoms with Crippen molar-refractivity contribution < 1.29 is 9.53 Å². The van der Waals surface area contributed by atoms with Crippen molar-refractivity contribution in [2.75, 3.05) is 13.0 Å². The van der Waals surface area contributed by atoms with Crippen molar-refractivity contribution in [3.8, 4) is 5.75 Å². The molecule has 0 unspecified atom stereocenters. The quantitative estimate of drug-likeness (QED) is 0.610. The Kier molecular flexibility index (Phi) is 3.64. The number of carbonyl (C=O) groups excluding carboxylic acids is 1. The largest absolute Gasteiger partial charge is 0.496 e. The summed E-state index contributed by atoms with van der Waals surface area (Å²) >= 11 is 5.61. The number of ketones is 1. The molecule has 0 aliphatic carbocycles. The maximum atomic E-state index is 11.9. The molecule has 0 aliphatic rings. The van der Waals surface area contributed by atoms with Crippen molar-refractivity contribution in [2.24, 2.45) is 0 Å². The zero-order valence-corrected chi connectivity index (χ0v) is 10.3. The standard InChI is InChI=1S/C14H13ClO2/c1-17-14-7-6-11(13(16)8-9-15)10-4-2-3-5-12(10)14/h2-7H,8-9H2,1H3. The van der Waals surface area contributed by atoms with E-state index >= 15 is 0 Å². The van der Waals surface area contributed by atoms with Crippen LogP contribution >= 0.6 is 11.6 Å². The number of halogens is 1. The van der Waals surface area contributed by atoms with E-state index < -0.39 is 0 Å². The highest BCUT2D eigenvalue weighted by Crippen LogP contribution is 2.28. The van der Waals surface area contributed by atoms with Crippen LogP contribution in [0, 0.1) is 0 Å². The molecule has 3 heteroatoms. The molecule has 2 rings (SSSR count). The molecule has 2 nitrogen and oxygen atoms in total. The Morgan fingerprint density at radius 1 is 1.18 bits per heavy atom. The zero-order chi connectivity index (χ0) is 12.3. The molecule has 0 atom stereocenters. The van der Waals surface area contributed by atoms with Gasteiger partial charge in [-0.2, -0.15) is 0 Å². The molecule has 0 spiro atoms. The maximum Gasteiger partial charge on any atom is 0.164 e. The van der Waals surface area contributed by atoms with Gasteiger partial charge in [0.2, 0.25) is 0 Å². The van der Waals surface area contributed by atoms with Gasteiger partial charge in [-0.05, 0) is 17.5 Å². The van der Waals surface area contributed by atoms with Crippen molar-refractivity contribution in [2.45, 2.75) is 6.42 Å². The lowest BCUT2D eigenvalue weighted by molar-refractivity contribution is 0.0991. The highest BCUT2D eigenvalue weighted by molar-refractivity contribution is 6.20. The summed E-state index contributed by atoms with van der Waals surface area (Å²) in [4.78, 5) is 11.9. The Morgan fingerprint density at radius 3 is 2.53 bits per heavy atom. The second-order valence-corrected chi connectivity index (χ2v) is 4.10. The van der Waals surface area contributed by atoms with Crippen LogP contribution in [0.4, 0.5) is 0 Å². The van der Waals surface area contributed by atoms with Crippen LogP contribution in [-0.2, 0) is 0 Å². The van der Waals surface area contributed by atoms with Crippen molar-refractivity contribution in [3.63, 3.8) is 0 Å². The summed E-state index contributed by atoms with van der Waals surface area (Å²) in [5.74, 6) is 1.20. The van der Waals surface area contributed by atoms with Crippen LogP contribution in [0.1, 0.15) is 16.8 Å². The number of methoxy groups -OCH3 is 1. The predicted molar refractivity (Wildman–Crippen MR) is 70.2 cm³/mol. The van der Waals surface area contributed by atoms with Gasteiger partial charge in [0.25, 0.3) is 0 Å². The summed E-state index contributed by atoms with van der Waals surface area (Å²) < 4.78 is 5.28. The van der Waals surface area contributed by atoms with Crippen molar-refractivity contribution in [1.82, 2.24) is 0 Å². The lowest BCUT2D eigenvalue weighted by Crippen LogP contribution is -2.01. The van der Waals surface area contributed by atoms with E-state index in [0.29, 0.717) is 17.9 Å². The third kappa shape index (κ3) is 2.27. The Bertz CT molecular complexity index is 549. The van der Waals surface area contributed by atoms with Gasteiger partial charge in [0.05, 0.1) is 7.11 Å². The maximum absolute atomic E-state index is 11.9. The predicted octanol–water partition coefficient (Wildman–Crippen LogP) is 3.66. The van der Waals surface area contributed by atoms with Gasteiger partial charge in [0.15, 0.2) is 5.78 Å². The van der Waals surface area contributed by atoms with Gasteiger partial charge in [-0.25, -0.2) is 0 Å². The molecule has 88 valence electrons. The smallest absolute Gasteiger partial charge is 0.164 e. The number of ether oxygens (including phenoxy) is 1. The molecule has 0 bridgehead atoms. The van der Waals surface area contributed by atoms with Crippen LogP contribution < -0.4 is 4.74 Å². The Hall–Kier alpha value is -1.54. The first-order valence-corrected chi connectivity index (χ1v) is 5.96. The first kappa shape index (κ1) is 11.9. The summed E-state index contributed by atoms with van der Waals surface area (Å²) in [6, 6.07) is 11.4. The van der Waals surface area contributed by atoms with Crippen molar-refractivity contribution >= 4 is 28.2 Å². The molecule has 0 saturated carbocycles. The number of hydrogen-bond donors (Lipinski definition) is 0. The fourth-order valence-electron chi connectivity index (χ4n) is 1.91. The molecule has 0 aliphatic heterocycles. The van der Waals surface area contributed by atoms with E-state index in [1.807, 2.05) is 30.3 Å². The Morgan fingerprint density at radius 2 is 1.88 bits per heavy atom. The molecule has 0 saturated heterocycles. The normalized spacial score (nSPS) is 10.5. The molecule has 17 heavy (non-hydrogen) atoms. The third-order valence-corrected chi connectivity index (χ3v) is 2.91. The number of alkyl halides is 1. The van der Waals surface area contributed by atoms with Crippen molar-refractivity contribution in [1.29, 1.82) is 0 Å². The molecular weight excluding hydrogens is 236 g/mol. The van der Waals surface area contributed by atoms with Gasteiger partial charge in [-0.15, -0.1) is 11.6 Å². The van der Waals surface area contributed by atoms with Gasteiger partial charge in [-0.1, -0.05) is 24.3 Å². The lowest BCUT2D eigenvalue weighted by Gasteiger charge is -2.09. The molecule has 0 fully saturated rings. The fraction of sp³-hybridized carbons (Fsp3) is 0.214. The second kappa shape index (κ2) is 5.19. The summed E-state index contributed by atoms with van der Waals surface area (Å²) in [5.41, 5.74) is 0.710. The SMILES string of the molecule is COc1ccc(C(=O)CCCl)c2ccccc12. The minimum absolute atomic E-state index is 0.0684. The number of fused-ring (bicyclic) bond motifs is 1. The number of benzene rings is 2. The topological polar surface area (TPSA) is 26.3 Å². The van der Waals surface area contributed by atoms with Crippen LogP contribution in [0.15, 0.2) is 36.4 Å². The number of hydrogen-bond acceptors (Lipinski definition) is 2. The van der Waals surface area contributed by atoms with Gasteiger partial charge < -0.3 is 4.74 Å². The highest BCUT2D eigenvalue weighted by Gasteiger charge is 2.11. The lowest BCUT2D eigenvalue weighted by atomic mass is 9.99. The monoisotopic (exact) mass is 248 g/mol. The van der Waals surface area contributed by atoms with Gasteiger partial charge in [0.1, 0.15) is 5.75 Å². The van der Waals surface area contributed by atoms with Crippen LogP contribution in [0.3, 0.4) is 0 Å². The number of Topliss-reactive ketones (excluding diaryl/α,β-unsaturated/α-hetero) is 1. The van der Waals surface area contributed by atoms with Crippen LogP contribution in [-0.4, -0.2) is 18.8 Å². The zero-order valence-electron chi connectivity index (χ0n) is 9.57. The summed E-state index contributed by atoms with van der Waals surface area (Å²) in [6.45, 7) is 0. The number of rotatable bonds is 4. The molecule has 0 N–H and O–H groups in total. The van der Waals surface area contributed by atoms with Crippen LogP contribution in [0.25, 0.3) is 10.8 Å². The average Bonchev–Trinajstić information content (AvgIpc) is 2.37. The van der Waals surface area contributed by atoms with E-state index in [9.17, 15) is 4.79 Å². The minimum Gasteiger partial charge on any atom is -0.496 e. The summed E-state index contributed by atoms with van der Waals surface area (Å²) in [5, 5.41) is 1.87. The van der Waals surface area contributed by atoms with Crippen LogP contribution in [0.2, 0.25) is 0 Å². The summed E-state index contributed by atoms with van der Waals surface area (Å²) in [7, 11) is 1.63. The first-order chi connectivity index (χ1) is 8.27. The van der Waals surface area contributed by atoms with Gasteiger partial charge in [-0.3, -0.25) is 4.79 Å². The highest BCUT2D eigenvalue weighted by atomic mass is 35.5. The Balaban J connectivity index is 2.62. The van der Waals surface area contributed by atoms with E-state index in [2.05, 4.69) is 0 Å². The summed E-state index contributed by atoms with van der Waals surface area (Å²) in [6.07, 6.45) is 0.359. The first-order valence-electron chi connectivity index (χ1n) is 5.43. The van der Waals surface area contributed by atoms with E-state index in [4.69, 9.17) is 16.3 Å². The van der Waals surface area contributed by atoms with Gasteiger partial charge >= 0.3 is 0 Å². The molecule has 2 aromatic carbocycles. The molecular formula is C14H13ClO2. The molecule has 0 radical (unpaired) electrons. The van der Waals surface area contributed by atoms with E-state index in [1.165, 1.54) is 0 Å².